The summed E-state index contributed by atoms with van der Waals surface area (Å²) in [4.78, 5) is 6.70. The minimum atomic E-state index is -3.48. The van der Waals surface area contributed by atoms with Gasteiger partial charge >= 0.3 is 0 Å². The molecule has 0 spiro atoms. The van der Waals surface area contributed by atoms with Gasteiger partial charge in [0.15, 0.2) is 5.03 Å². The summed E-state index contributed by atoms with van der Waals surface area (Å²) in [5, 5.41) is 9.96. The first-order valence-corrected chi connectivity index (χ1v) is 7.62. The number of aliphatic hydroxyl groups excluding tert-OH is 1. The van der Waals surface area contributed by atoms with Gasteiger partial charge in [0.25, 0.3) is 10.0 Å². The summed E-state index contributed by atoms with van der Waals surface area (Å²) in [6.07, 6.45) is 2.72. The molecule has 3 rings (SSSR count). The second kappa shape index (κ2) is 4.04. The van der Waals surface area contributed by atoms with Crippen LogP contribution in [0.15, 0.2) is 11.2 Å². The molecule has 1 aromatic heterocycles. The van der Waals surface area contributed by atoms with Gasteiger partial charge in [0, 0.05) is 19.0 Å². The zero-order chi connectivity index (χ0) is 12.9. The van der Waals surface area contributed by atoms with E-state index in [1.54, 1.807) is 6.92 Å². The highest BCUT2D eigenvalue weighted by Crippen LogP contribution is 2.39. The predicted molar refractivity (Wildman–Crippen MR) is 64.3 cm³/mol. The van der Waals surface area contributed by atoms with Gasteiger partial charge < -0.3 is 10.1 Å². The fourth-order valence-electron chi connectivity index (χ4n) is 3.06. The van der Waals surface area contributed by atoms with Crippen molar-refractivity contribution in [3.05, 3.63) is 12.0 Å². The summed E-state index contributed by atoms with van der Waals surface area (Å²) in [5.41, 5.74) is 0. The minimum absolute atomic E-state index is 0.101. The van der Waals surface area contributed by atoms with Crippen molar-refractivity contribution in [2.75, 3.05) is 13.1 Å². The van der Waals surface area contributed by atoms with E-state index < -0.39 is 10.0 Å². The molecule has 100 valence electrons. The average molecular weight is 271 g/mol. The van der Waals surface area contributed by atoms with E-state index in [2.05, 4.69) is 9.97 Å². The molecule has 0 bridgehead atoms. The Labute approximate surface area is 106 Å². The van der Waals surface area contributed by atoms with Crippen molar-refractivity contribution in [3.63, 3.8) is 0 Å². The molecular weight excluding hydrogens is 254 g/mol. The highest BCUT2D eigenvalue weighted by atomic mass is 32.2. The van der Waals surface area contributed by atoms with Crippen LogP contribution < -0.4 is 0 Å². The Balaban J connectivity index is 1.84. The molecule has 3 unspecified atom stereocenters. The number of aliphatic hydroxyl groups is 1. The van der Waals surface area contributed by atoms with Gasteiger partial charge in [-0.2, -0.15) is 4.31 Å². The lowest BCUT2D eigenvalue weighted by Gasteiger charge is -2.16. The summed E-state index contributed by atoms with van der Waals surface area (Å²) < 4.78 is 26.2. The maximum absolute atomic E-state index is 12.4. The molecule has 2 heterocycles. The lowest BCUT2D eigenvalue weighted by molar-refractivity contribution is 0.129. The molecule has 2 fully saturated rings. The zero-order valence-corrected chi connectivity index (χ0v) is 11.0. The fraction of sp³-hybridized carbons (Fsp3) is 0.727. The molecule has 0 amide bonds. The van der Waals surface area contributed by atoms with Crippen molar-refractivity contribution in [1.29, 1.82) is 0 Å². The largest absolute Gasteiger partial charge is 0.393 e. The quantitative estimate of drug-likeness (QED) is 0.799. The minimum Gasteiger partial charge on any atom is -0.393 e. The number of nitrogens with zero attached hydrogens (tertiary/aromatic N) is 2. The summed E-state index contributed by atoms with van der Waals surface area (Å²) in [5.74, 6) is 0.996. The molecule has 1 aromatic rings. The van der Waals surface area contributed by atoms with Crippen molar-refractivity contribution >= 4 is 10.0 Å². The van der Waals surface area contributed by atoms with E-state index in [-0.39, 0.29) is 17.0 Å². The topological polar surface area (TPSA) is 86.3 Å². The second-order valence-electron chi connectivity index (χ2n) is 5.22. The first-order valence-electron chi connectivity index (χ1n) is 6.18. The maximum Gasteiger partial charge on any atom is 0.260 e. The van der Waals surface area contributed by atoms with Gasteiger partial charge in [-0.1, -0.05) is 0 Å². The van der Waals surface area contributed by atoms with Crippen molar-refractivity contribution in [3.8, 4) is 0 Å². The Morgan fingerprint density at radius 2 is 2.22 bits per heavy atom. The number of aromatic amines is 1. The Hall–Kier alpha value is -0.920. The number of aromatic nitrogens is 2. The molecule has 1 saturated carbocycles. The first-order chi connectivity index (χ1) is 8.48. The molecular formula is C11H17N3O3S. The Morgan fingerprint density at radius 1 is 1.44 bits per heavy atom. The van der Waals surface area contributed by atoms with Crippen molar-refractivity contribution in [2.45, 2.75) is 30.9 Å². The van der Waals surface area contributed by atoms with E-state index in [0.29, 0.717) is 24.8 Å². The van der Waals surface area contributed by atoms with Crippen LogP contribution in [-0.4, -0.2) is 47.0 Å². The van der Waals surface area contributed by atoms with E-state index in [4.69, 9.17) is 0 Å². The number of H-pyrrole nitrogens is 1. The lowest BCUT2D eigenvalue weighted by Crippen LogP contribution is -2.31. The van der Waals surface area contributed by atoms with Crippen molar-refractivity contribution in [2.24, 2.45) is 11.8 Å². The van der Waals surface area contributed by atoms with Gasteiger partial charge in [0.1, 0.15) is 5.82 Å². The molecule has 18 heavy (non-hydrogen) atoms. The molecule has 1 saturated heterocycles. The highest BCUT2D eigenvalue weighted by Gasteiger charge is 2.46. The van der Waals surface area contributed by atoms with Crippen LogP contribution in [0.25, 0.3) is 0 Å². The average Bonchev–Trinajstić information content (AvgIpc) is 2.96. The van der Waals surface area contributed by atoms with E-state index in [9.17, 15) is 13.5 Å². The maximum atomic E-state index is 12.4. The van der Waals surface area contributed by atoms with Crippen LogP contribution in [0.4, 0.5) is 0 Å². The molecule has 0 radical (unpaired) electrons. The summed E-state index contributed by atoms with van der Waals surface area (Å²) in [7, 11) is -3.48. The van der Waals surface area contributed by atoms with Crippen molar-refractivity contribution in [1.82, 2.24) is 14.3 Å². The third-order valence-corrected chi connectivity index (χ3v) is 5.82. The predicted octanol–water partition coefficient (Wildman–Crippen LogP) is 0.110. The van der Waals surface area contributed by atoms with Gasteiger partial charge in [0.2, 0.25) is 0 Å². The van der Waals surface area contributed by atoms with Gasteiger partial charge in [-0.05, 0) is 25.7 Å². The fourth-order valence-corrected chi connectivity index (χ4v) is 4.56. The lowest BCUT2D eigenvalue weighted by atomic mass is 10.00. The Kier molecular flexibility index (Phi) is 2.72. The zero-order valence-electron chi connectivity index (χ0n) is 10.2. The van der Waals surface area contributed by atoms with Crippen LogP contribution in [0.1, 0.15) is 18.7 Å². The number of hydrogen-bond acceptors (Lipinski definition) is 4. The molecule has 0 aromatic carbocycles. The molecule has 1 aliphatic heterocycles. The Morgan fingerprint density at radius 3 is 2.83 bits per heavy atom. The SMILES string of the molecule is Cc1ncc(S(=O)(=O)N2CC3CCC(O)C3C2)[nH]1. The smallest absolute Gasteiger partial charge is 0.260 e. The van der Waals surface area contributed by atoms with Gasteiger partial charge in [-0.25, -0.2) is 13.4 Å². The van der Waals surface area contributed by atoms with Gasteiger partial charge in [0.05, 0.1) is 12.3 Å². The molecule has 2 aliphatic rings. The van der Waals surface area contributed by atoms with E-state index in [1.807, 2.05) is 0 Å². The van der Waals surface area contributed by atoms with Crippen LogP contribution in [0, 0.1) is 18.8 Å². The molecule has 6 nitrogen and oxygen atoms in total. The van der Waals surface area contributed by atoms with Crippen LogP contribution in [0.5, 0.6) is 0 Å². The summed E-state index contributed by atoms with van der Waals surface area (Å²) in [6.45, 7) is 2.66. The van der Waals surface area contributed by atoms with Crippen LogP contribution in [0.3, 0.4) is 0 Å². The number of rotatable bonds is 2. The number of aryl methyl sites for hydroxylation is 1. The first kappa shape index (κ1) is 12.1. The Bertz CT molecular complexity index is 554. The number of sulfonamides is 1. The number of nitrogens with one attached hydrogen (secondary N) is 1. The number of imidazole rings is 1. The third-order valence-electron chi connectivity index (χ3n) is 4.08. The number of hydrogen-bond donors (Lipinski definition) is 2. The van der Waals surface area contributed by atoms with Crippen molar-refractivity contribution < 1.29 is 13.5 Å². The van der Waals surface area contributed by atoms with Gasteiger partial charge in [-0.3, -0.25) is 0 Å². The van der Waals surface area contributed by atoms with Gasteiger partial charge in [-0.15, -0.1) is 0 Å². The summed E-state index contributed by atoms with van der Waals surface area (Å²) in [6, 6.07) is 0. The standard InChI is InChI=1S/C11H17N3O3S/c1-7-12-4-11(13-7)18(16,17)14-5-8-2-3-10(15)9(8)6-14/h4,8-10,15H,2-3,5-6H2,1H3,(H,12,13). The number of fused-ring (bicyclic) bond motifs is 1. The normalized spacial score (nSPS) is 32.9. The summed E-state index contributed by atoms with van der Waals surface area (Å²) >= 11 is 0. The van der Waals surface area contributed by atoms with E-state index in [1.165, 1.54) is 10.5 Å². The molecule has 2 N–H and O–H groups in total. The van der Waals surface area contributed by atoms with Crippen LogP contribution >= 0.6 is 0 Å². The molecule has 3 atom stereocenters. The van der Waals surface area contributed by atoms with Crippen LogP contribution in [-0.2, 0) is 10.0 Å². The van der Waals surface area contributed by atoms with E-state index >= 15 is 0 Å². The highest BCUT2D eigenvalue weighted by molar-refractivity contribution is 7.89. The monoisotopic (exact) mass is 271 g/mol. The van der Waals surface area contributed by atoms with Crippen LogP contribution in [0.2, 0.25) is 0 Å². The molecule has 1 aliphatic carbocycles. The van der Waals surface area contributed by atoms with E-state index in [0.717, 1.165) is 12.8 Å². The third kappa shape index (κ3) is 1.77. The second-order valence-corrected chi connectivity index (χ2v) is 7.13. The molecule has 7 heteroatoms.